The van der Waals surface area contributed by atoms with Crippen molar-refractivity contribution in [1.29, 1.82) is 0 Å². The third-order valence-corrected chi connectivity index (χ3v) is 5.67. The molecule has 1 saturated carbocycles. The fraction of sp³-hybridized carbons (Fsp3) is 0.864. The van der Waals surface area contributed by atoms with Crippen molar-refractivity contribution >= 4 is 6.09 Å². The Hall–Kier alpha value is -1.67. The van der Waals surface area contributed by atoms with Crippen LogP contribution in [0.3, 0.4) is 0 Å². The minimum atomic E-state index is -0.787. The molecule has 8 nitrogen and oxygen atoms in total. The summed E-state index contributed by atoms with van der Waals surface area (Å²) in [6, 6.07) is 0. The van der Waals surface area contributed by atoms with Crippen LogP contribution >= 0.6 is 0 Å². The number of carbonyl (C=O) groups excluding carboxylic acids is 1. The number of hydrogen-bond acceptors (Lipinski definition) is 7. The van der Waals surface area contributed by atoms with Gasteiger partial charge in [-0.3, -0.25) is 4.90 Å². The van der Waals surface area contributed by atoms with Crippen LogP contribution in [0.4, 0.5) is 4.79 Å². The van der Waals surface area contributed by atoms with Crippen LogP contribution in [0.15, 0.2) is 4.52 Å². The van der Waals surface area contributed by atoms with Crippen LogP contribution in [0.25, 0.3) is 0 Å². The third-order valence-electron chi connectivity index (χ3n) is 5.67. The van der Waals surface area contributed by atoms with Gasteiger partial charge in [0.15, 0.2) is 5.82 Å². The highest BCUT2D eigenvalue weighted by Gasteiger charge is 2.31. The average molecular weight is 423 g/mol. The summed E-state index contributed by atoms with van der Waals surface area (Å²) in [7, 11) is 0. The normalized spacial score (nSPS) is 20.3. The molecule has 30 heavy (non-hydrogen) atoms. The largest absolute Gasteiger partial charge is 0.444 e. The lowest BCUT2D eigenvalue weighted by Gasteiger charge is -2.34. The Morgan fingerprint density at radius 3 is 2.33 bits per heavy atom. The van der Waals surface area contributed by atoms with Gasteiger partial charge in [-0.15, -0.1) is 0 Å². The number of hydrogen-bond donors (Lipinski definition) is 1. The minimum absolute atomic E-state index is 0.375. The highest BCUT2D eigenvalue weighted by atomic mass is 16.6. The number of aromatic nitrogens is 2. The molecule has 1 saturated heterocycles. The van der Waals surface area contributed by atoms with Crippen molar-refractivity contribution in [1.82, 2.24) is 20.4 Å². The summed E-state index contributed by atoms with van der Waals surface area (Å²) < 4.78 is 17.1. The molecule has 0 atom stereocenters. The van der Waals surface area contributed by atoms with Crippen molar-refractivity contribution < 1.29 is 18.8 Å². The number of alkyl carbamates (subject to hydrolysis) is 1. The molecular formula is C22H38N4O4. The van der Waals surface area contributed by atoms with E-state index in [4.69, 9.17) is 14.0 Å². The first-order chi connectivity index (χ1) is 14.1. The zero-order valence-electron chi connectivity index (χ0n) is 19.2. The quantitative estimate of drug-likeness (QED) is 0.737. The van der Waals surface area contributed by atoms with E-state index in [0.717, 1.165) is 25.9 Å². The van der Waals surface area contributed by atoms with Gasteiger partial charge in [0.05, 0.1) is 18.8 Å². The first-order valence-electron chi connectivity index (χ1n) is 11.3. The van der Waals surface area contributed by atoms with Gasteiger partial charge in [0, 0.05) is 13.1 Å². The van der Waals surface area contributed by atoms with Crippen molar-refractivity contribution in [2.45, 2.75) is 109 Å². The molecule has 1 N–H and O–H groups in total. The second-order valence-electron chi connectivity index (χ2n) is 10.1. The van der Waals surface area contributed by atoms with Crippen LogP contribution in [-0.4, -0.2) is 52.0 Å². The Balaban J connectivity index is 1.45. The van der Waals surface area contributed by atoms with E-state index < -0.39 is 17.2 Å². The molecule has 1 aliphatic carbocycles. The number of ether oxygens (including phenoxy) is 2. The van der Waals surface area contributed by atoms with Gasteiger partial charge in [-0.25, -0.2) is 4.79 Å². The lowest BCUT2D eigenvalue weighted by Crippen LogP contribution is -2.44. The van der Waals surface area contributed by atoms with Gasteiger partial charge in [-0.1, -0.05) is 24.4 Å². The van der Waals surface area contributed by atoms with Crippen molar-refractivity contribution in [2.24, 2.45) is 0 Å². The maximum atomic E-state index is 12.1. The molecule has 170 valence electrons. The average Bonchev–Trinajstić information content (AvgIpc) is 3.12. The van der Waals surface area contributed by atoms with Crippen molar-refractivity contribution in [3.8, 4) is 0 Å². The van der Waals surface area contributed by atoms with Gasteiger partial charge < -0.3 is 19.3 Å². The summed E-state index contributed by atoms with van der Waals surface area (Å²) >= 11 is 0. The highest BCUT2D eigenvalue weighted by molar-refractivity contribution is 5.68. The van der Waals surface area contributed by atoms with Gasteiger partial charge in [0.1, 0.15) is 11.1 Å². The predicted octanol–water partition coefficient (Wildman–Crippen LogP) is 4.14. The Morgan fingerprint density at radius 2 is 1.70 bits per heavy atom. The van der Waals surface area contributed by atoms with Crippen molar-refractivity contribution in [2.75, 3.05) is 13.1 Å². The minimum Gasteiger partial charge on any atom is -0.444 e. The fourth-order valence-corrected chi connectivity index (χ4v) is 4.06. The zero-order valence-corrected chi connectivity index (χ0v) is 19.2. The molecule has 0 spiro atoms. The smallest absolute Gasteiger partial charge is 0.408 e. The van der Waals surface area contributed by atoms with Crippen LogP contribution in [0.5, 0.6) is 0 Å². The van der Waals surface area contributed by atoms with E-state index >= 15 is 0 Å². The maximum Gasteiger partial charge on any atom is 0.408 e. The first kappa shape index (κ1) is 23.0. The number of carbonyl (C=O) groups is 1. The lowest BCUT2D eigenvalue weighted by molar-refractivity contribution is -0.0573. The molecule has 8 heteroatoms. The van der Waals surface area contributed by atoms with E-state index in [-0.39, 0.29) is 0 Å². The van der Waals surface area contributed by atoms with Gasteiger partial charge in [0.25, 0.3) is 0 Å². The van der Waals surface area contributed by atoms with Gasteiger partial charge >= 0.3 is 6.09 Å². The van der Waals surface area contributed by atoms with Crippen LogP contribution in [-0.2, 0) is 21.6 Å². The molecule has 0 aromatic carbocycles. The monoisotopic (exact) mass is 422 g/mol. The Labute approximate surface area is 180 Å². The van der Waals surface area contributed by atoms with Crippen molar-refractivity contribution in [3.63, 3.8) is 0 Å². The van der Waals surface area contributed by atoms with Crippen LogP contribution in [0.2, 0.25) is 0 Å². The van der Waals surface area contributed by atoms with E-state index in [1.54, 1.807) is 0 Å². The fourth-order valence-electron chi connectivity index (χ4n) is 4.06. The van der Waals surface area contributed by atoms with Crippen molar-refractivity contribution in [3.05, 3.63) is 11.7 Å². The predicted molar refractivity (Wildman–Crippen MR) is 113 cm³/mol. The number of nitrogens with zero attached hydrogens (tertiary/aromatic N) is 3. The Morgan fingerprint density at radius 1 is 1.07 bits per heavy atom. The molecule has 1 aromatic rings. The highest BCUT2D eigenvalue weighted by Crippen LogP contribution is 2.25. The molecule has 0 radical (unpaired) electrons. The number of rotatable bonds is 6. The molecular weight excluding hydrogens is 384 g/mol. The summed E-state index contributed by atoms with van der Waals surface area (Å²) in [6.07, 6.45) is 8.84. The maximum absolute atomic E-state index is 12.1. The molecule has 0 bridgehead atoms. The van der Waals surface area contributed by atoms with Crippen LogP contribution in [0.1, 0.15) is 91.3 Å². The number of piperidine rings is 1. The first-order valence-corrected chi connectivity index (χ1v) is 11.3. The second-order valence-corrected chi connectivity index (χ2v) is 10.1. The van der Waals surface area contributed by atoms with E-state index in [1.807, 2.05) is 34.6 Å². The SMILES string of the molecule is CC(C)(C)OC(=O)NC(C)(C)c1noc(CN2CCC(OC3CCCCC3)CC2)n1. The van der Waals surface area contributed by atoms with Gasteiger partial charge in [-0.05, 0) is 60.3 Å². The summed E-state index contributed by atoms with van der Waals surface area (Å²) in [5, 5.41) is 6.90. The standard InChI is InChI=1S/C22H38N4O4/c1-21(2,3)29-20(27)24-22(4,5)19-23-18(30-25-19)15-26-13-11-17(12-14-26)28-16-9-7-6-8-10-16/h16-17H,6-15H2,1-5H3,(H,24,27). The molecule has 0 unspecified atom stereocenters. The topological polar surface area (TPSA) is 89.7 Å². The van der Waals surface area contributed by atoms with Gasteiger partial charge in [0.2, 0.25) is 5.89 Å². The molecule has 2 heterocycles. The number of nitrogens with one attached hydrogen (secondary N) is 1. The summed E-state index contributed by atoms with van der Waals surface area (Å²) in [5.74, 6) is 1.01. The molecule has 2 aliphatic rings. The van der Waals surface area contributed by atoms with E-state index in [0.29, 0.717) is 30.5 Å². The lowest BCUT2D eigenvalue weighted by atomic mass is 9.97. The molecule has 1 aromatic heterocycles. The second kappa shape index (κ2) is 9.64. The van der Waals surface area contributed by atoms with Gasteiger partial charge in [-0.2, -0.15) is 4.98 Å². The van der Waals surface area contributed by atoms with Crippen LogP contribution < -0.4 is 5.32 Å². The molecule has 3 rings (SSSR count). The van der Waals surface area contributed by atoms with E-state index in [2.05, 4.69) is 20.4 Å². The molecule has 1 aliphatic heterocycles. The third kappa shape index (κ3) is 6.94. The summed E-state index contributed by atoms with van der Waals surface area (Å²) in [4.78, 5) is 18.9. The van der Waals surface area contributed by atoms with E-state index in [9.17, 15) is 4.79 Å². The summed E-state index contributed by atoms with van der Waals surface area (Å²) in [5.41, 5.74) is -1.35. The van der Waals surface area contributed by atoms with Crippen LogP contribution in [0, 0.1) is 0 Å². The summed E-state index contributed by atoms with van der Waals surface area (Å²) in [6.45, 7) is 11.7. The Kier molecular flexibility index (Phi) is 7.39. The van der Waals surface area contributed by atoms with E-state index in [1.165, 1.54) is 32.1 Å². The Bertz CT molecular complexity index is 684. The number of likely N-dealkylation sites (tertiary alicyclic amines) is 1. The molecule has 2 fully saturated rings. The number of amides is 1. The zero-order chi connectivity index (χ0) is 21.8. The molecule has 1 amide bonds.